The molecule has 1 N–H and O–H groups in total. The highest BCUT2D eigenvalue weighted by molar-refractivity contribution is 6.30. The second kappa shape index (κ2) is 5.44. The average Bonchev–Trinajstić information content (AvgIpc) is 2.71. The van der Waals surface area contributed by atoms with Gasteiger partial charge in [0.05, 0.1) is 5.69 Å². The third-order valence-electron chi connectivity index (χ3n) is 3.03. The van der Waals surface area contributed by atoms with Gasteiger partial charge in [0, 0.05) is 29.7 Å². The summed E-state index contributed by atoms with van der Waals surface area (Å²) in [5, 5.41) is 8.69. The summed E-state index contributed by atoms with van der Waals surface area (Å²) in [6.45, 7) is 4.32. The SMILES string of the molecule is CCC(C)Nc1cc(-c2ccc(Cl)cc2)nn1C. The zero-order valence-corrected chi connectivity index (χ0v) is 11.7. The van der Waals surface area contributed by atoms with E-state index in [1.807, 2.05) is 36.0 Å². The lowest BCUT2D eigenvalue weighted by Crippen LogP contribution is -2.15. The zero-order chi connectivity index (χ0) is 13.1. The van der Waals surface area contributed by atoms with Gasteiger partial charge in [0.25, 0.3) is 0 Å². The lowest BCUT2D eigenvalue weighted by molar-refractivity contribution is 0.718. The first-order chi connectivity index (χ1) is 8.60. The lowest BCUT2D eigenvalue weighted by atomic mass is 10.1. The van der Waals surface area contributed by atoms with Gasteiger partial charge in [-0.2, -0.15) is 5.10 Å². The van der Waals surface area contributed by atoms with Gasteiger partial charge in [-0.15, -0.1) is 0 Å². The maximum Gasteiger partial charge on any atom is 0.124 e. The number of rotatable bonds is 4. The number of aromatic nitrogens is 2. The Morgan fingerprint density at radius 2 is 2.00 bits per heavy atom. The second-order valence-electron chi connectivity index (χ2n) is 4.50. The minimum absolute atomic E-state index is 0.443. The Morgan fingerprint density at radius 3 is 2.61 bits per heavy atom. The number of benzene rings is 1. The number of aryl methyl sites for hydroxylation is 1. The van der Waals surface area contributed by atoms with Crippen molar-refractivity contribution in [3.8, 4) is 11.3 Å². The van der Waals surface area contributed by atoms with Crippen LogP contribution in [0.15, 0.2) is 30.3 Å². The van der Waals surface area contributed by atoms with Crippen molar-refractivity contribution < 1.29 is 0 Å². The van der Waals surface area contributed by atoms with Crippen LogP contribution in [0, 0.1) is 0 Å². The van der Waals surface area contributed by atoms with Crippen molar-refractivity contribution in [1.29, 1.82) is 0 Å². The molecule has 1 aromatic heterocycles. The van der Waals surface area contributed by atoms with Gasteiger partial charge < -0.3 is 5.32 Å². The topological polar surface area (TPSA) is 29.9 Å². The molecule has 4 heteroatoms. The van der Waals surface area contributed by atoms with Crippen molar-refractivity contribution in [3.63, 3.8) is 0 Å². The summed E-state index contributed by atoms with van der Waals surface area (Å²) in [5.74, 6) is 1.04. The molecular weight excluding hydrogens is 246 g/mol. The van der Waals surface area contributed by atoms with Crippen LogP contribution in [0.1, 0.15) is 20.3 Å². The van der Waals surface area contributed by atoms with Crippen LogP contribution in [0.2, 0.25) is 5.02 Å². The number of nitrogens with one attached hydrogen (secondary N) is 1. The predicted octanol–water partition coefficient (Wildman–Crippen LogP) is 3.95. The summed E-state index contributed by atoms with van der Waals surface area (Å²) >= 11 is 5.89. The molecule has 1 unspecified atom stereocenters. The van der Waals surface area contributed by atoms with Gasteiger partial charge in [0.2, 0.25) is 0 Å². The second-order valence-corrected chi connectivity index (χ2v) is 4.94. The zero-order valence-electron chi connectivity index (χ0n) is 10.9. The van der Waals surface area contributed by atoms with E-state index < -0.39 is 0 Å². The van der Waals surface area contributed by atoms with Crippen molar-refractivity contribution in [2.45, 2.75) is 26.3 Å². The third-order valence-corrected chi connectivity index (χ3v) is 3.28. The van der Waals surface area contributed by atoms with E-state index in [-0.39, 0.29) is 0 Å². The summed E-state index contributed by atoms with van der Waals surface area (Å²) in [4.78, 5) is 0. The third kappa shape index (κ3) is 2.85. The number of hydrogen-bond acceptors (Lipinski definition) is 2. The highest BCUT2D eigenvalue weighted by Gasteiger charge is 2.08. The molecule has 96 valence electrons. The van der Waals surface area contributed by atoms with Gasteiger partial charge in [-0.1, -0.05) is 30.7 Å². The maximum absolute atomic E-state index is 5.89. The summed E-state index contributed by atoms with van der Waals surface area (Å²) in [6.07, 6.45) is 1.08. The van der Waals surface area contributed by atoms with E-state index in [0.29, 0.717) is 6.04 Å². The van der Waals surface area contributed by atoms with Crippen molar-refractivity contribution in [3.05, 3.63) is 35.4 Å². The fraction of sp³-hybridized carbons (Fsp3) is 0.357. The normalized spacial score (nSPS) is 12.4. The van der Waals surface area contributed by atoms with Crippen LogP contribution in [0.5, 0.6) is 0 Å². The summed E-state index contributed by atoms with van der Waals surface area (Å²) in [7, 11) is 1.95. The van der Waals surface area contributed by atoms with E-state index in [1.54, 1.807) is 0 Å². The van der Waals surface area contributed by atoms with Gasteiger partial charge in [-0.05, 0) is 25.5 Å². The molecule has 0 bridgehead atoms. The smallest absolute Gasteiger partial charge is 0.124 e. The monoisotopic (exact) mass is 263 g/mol. The molecule has 0 amide bonds. The molecular formula is C14H18ClN3. The van der Waals surface area contributed by atoms with Gasteiger partial charge in [-0.3, -0.25) is 4.68 Å². The largest absolute Gasteiger partial charge is 0.368 e. The fourth-order valence-corrected chi connectivity index (χ4v) is 1.84. The molecule has 0 fully saturated rings. The van der Waals surface area contributed by atoms with E-state index in [9.17, 15) is 0 Å². The summed E-state index contributed by atoms with van der Waals surface area (Å²) in [6, 6.07) is 10.2. The number of anilines is 1. The van der Waals surface area contributed by atoms with Crippen molar-refractivity contribution >= 4 is 17.4 Å². The van der Waals surface area contributed by atoms with Crippen molar-refractivity contribution in [2.24, 2.45) is 7.05 Å². The highest BCUT2D eigenvalue weighted by atomic mass is 35.5. The lowest BCUT2D eigenvalue weighted by Gasteiger charge is -2.11. The number of halogens is 1. The molecule has 0 saturated carbocycles. The van der Waals surface area contributed by atoms with Crippen LogP contribution in [-0.2, 0) is 7.05 Å². The molecule has 2 rings (SSSR count). The van der Waals surface area contributed by atoms with Gasteiger partial charge >= 0.3 is 0 Å². The van der Waals surface area contributed by atoms with E-state index in [1.165, 1.54) is 0 Å². The Balaban J connectivity index is 2.25. The molecule has 0 aliphatic heterocycles. The molecule has 1 aromatic carbocycles. The summed E-state index contributed by atoms with van der Waals surface area (Å²) < 4.78 is 1.87. The summed E-state index contributed by atoms with van der Waals surface area (Å²) in [5.41, 5.74) is 2.03. The number of nitrogens with zero attached hydrogens (tertiary/aromatic N) is 2. The van der Waals surface area contributed by atoms with E-state index >= 15 is 0 Å². The highest BCUT2D eigenvalue weighted by Crippen LogP contribution is 2.23. The Bertz CT molecular complexity index is 516. The molecule has 2 aromatic rings. The van der Waals surface area contributed by atoms with Gasteiger partial charge in [0.1, 0.15) is 5.82 Å². The first-order valence-electron chi connectivity index (χ1n) is 6.16. The van der Waals surface area contributed by atoms with Crippen LogP contribution in [0.4, 0.5) is 5.82 Å². The van der Waals surface area contributed by atoms with Crippen molar-refractivity contribution in [2.75, 3.05) is 5.32 Å². The first-order valence-corrected chi connectivity index (χ1v) is 6.54. The molecule has 0 aliphatic rings. The van der Waals surface area contributed by atoms with Crippen molar-refractivity contribution in [1.82, 2.24) is 9.78 Å². The van der Waals surface area contributed by atoms with E-state index in [4.69, 9.17) is 11.6 Å². The quantitative estimate of drug-likeness (QED) is 0.905. The molecule has 0 aliphatic carbocycles. The Morgan fingerprint density at radius 1 is 1.33 bits per heavy atom. The Kier molecular flexibility index (Phi) is 3.92. The molecule has 0 saturated heterocycles. The van der Waals surface area contributed by atoms with Crippen LogP contribution in [-0.4, -0.2) is 15.8 Å². The van der Waals surface area contributed by atoms with E-state index in [0.717, 1.165) is 28.5 Å². The average molecular weight is 264 g/mol. The molecule has 3 nitrogen and oxygen atoms in total. The molecule has 18 heavy (non-hydrogen) atoms. The van der Waals surface area contributed by atoms with Crippen LogP contribution < -0.4 is 5.32 Å². The van der Waals surface area contributed by atoms with Crippen LogP contribution >= 0.6 is 11.6 Å². The molecule has 1 atom stereocenters. The van der Waals surface area contributed by atoms with E-state index in [2.05, 4.69) is 30.3 Å². The number of hydrogen-bond donors (Lipinski definition) is 1. The standard InChI is InChI=1S/C14H18ClN3/c1-4-10(2)16-14-9-13(17-18(14)3)11-5-7-12(15)8-6-11/h5-10,16H,4H2,1-3H3. The van der Waals surface area contributed by atoms with Crippen LogP contribution in [0.3, 0.4) is 0 Å². The minimum Gasteiger partial charge on any atom is -0.368 e. The molecule has 0 spiro atoms. The Labute approximate surface area is 113 Å². The van der Waals surface area contributed by atoms with Crippen LogP contribution in [0.25, 0.3) is 11.3 Å². The fourth-order valence-electron chi connectivity index (χ4n) is 1.72. The minimum atomic E-state index is 0.443. The maximum atomic E-state index is 5.89. The van der Waals surface area contributed by atoms with Gasteiger partial charge in [-0.25, -0.2) is 0 Å². The predicted molar refractivity (Wildman–Crippen MR) is 77.0 cm³/mol. The van der Waals surface area contributed by atoms with Gasteiger partial charge in [0.15, 0.2) is 0 Å². The Hall–Kier alpha value is -1.48. The molecule has 1 heterocycles. The first kappa shape index (κ1) is 13.0. The molecule has 0 radical (unpaired) electrons.